The molecule has 1 aromatic heterocycles. The number of halogens is 1. The number of hydrogen-bond acceptors (Lipinski definition) is 6. The molecule has 0 unspecified atom stereocenters. The number of ether oxygens (including phenoxy) is 1. The van der Waals surface area contributed by atoms with Gasteiger partial charge in [-0.05, 0) is 32.0 Å². The van der Waals surface area contributed by atoms with Crippen molar-refractivity contribution in [2.45, 2.75) is 25.5 Å². The highest BCUT2D eigenvalue weighted by molar-refractivity contribution is 7.99. The number of benzene rings is 2. The number of methoxy groups -OCH3 is 1. The van der Waals surface area contributed by atoms with Gasteiger partial charge in [-0.2, -0.15) is 0 Å². The zero-order chi connectivity index (χ0) is 21.7. The average molecular weight is 445 g/mol. The molecule has 1 heterocycles. The Balaban J connectivity index is 1.70. The monoisotopic (exact) mass is 444 g/mol. The molecule has 0 aliphatic heterocycles. The summed E-state index contributed by atoms with van der Waals surface area (Å²) in [5, 5.41) is 12.2. The van der Waals surface area contributed by atoms with Crippen LogP contribution in [0.25, 0.3) is 11.4 Å². The summed E-state index contributed by atoms with van der Waals surface area (Å²) < 4.78 is 6.66. The SMILES string of the molecule is CCn1c(SCC(=O)Nc2cc(C(=O)OC)ccc2Cl)nnc1-c1ccc(C)cc1. The molecule has 3 aromatic rings. The number of rotatable bonds is 7. The second kappa shape index (κ2) is 9.77. The van der Waals surface area contributed by atoms with E-state index in [9.17, 15) is 9.59 Å². The van der Waals surface area contributed by atoms with E-state index in [4.69, 9.17) is 16.3 Å². The summed E-state index contributed by atoms with van der Waals surface area (Å²) in [6.45, 7) is 4.71. The molecule has 0 radical (unpaired) electrons. The Kier molecular flexibility index (Phi) is 7.12. The van der Waals surface area contributed by atoms with Crippen molar-refractivity contribution >= 4 is 40.9 Å². The topological polar surface area (TPSA) is 86.1 Å². The van der Waals surface area contributed by atoms with E-state index >= 15 is 0 Å². The number of esters is 1. The van der Waals surface area contributed by atoms with E-state index < -0.39 is 5.97 Å². The largest absolute Gasteiger partial charge is 0.465 e. The summed E-state index contributed by atoms with van der Waals surface area (Å²) >= 11 is 7.42. The molecular formula is C21H21ClN4O3S. The third-order valence-electron chi connectivity index (χ3n) is 4.34. The van der Waals surface area contributed by atoms with Crippen LogP contribution in [-0.4, -0.2) is 39.5 Å². The Bertz CT molecular complexity index is 1070. The predicted octanol–water partition coefficient (Wildman–Crippen LogP) is 4.44. The number of aromatic nitrogens is 3. The van der Waals surface area contributed by atoms with Gasteiger partial charge in [-0.1, -0.05) is 53.2 Å². The van der Waals surface area contributed by atoms with Gasteiger partial charge in [0.05, 0.1) is 29.1 Å². The molecule has 0 aliphatic carbocycles. The van der Waals surface area contributed by atoms with Crippen LogP contribution in [0.15, 0.2) is 47.6 Å². The molecule has 1 amide bonds. The minimum absolute atomic E-state index is 0.116. The lowest BCUT2D eigenvalue weighted by Crippen LogP contribution is -2.15. The second-order valence-electron chi connectivity index (χ2n) is 6.44. The minimum atomic E-state index is -0.503. The van der Waals surface area contributed by atoms with E-state index in [-0.39, 0.29) is 11.7 Å². The molecular weight excluding hydrogens is 424 g/mol. The van der Waals surface area contributed by atoms with E-state index in [1.54, 1.807) is 0 Å². The van der Waals surface area contributed by atoms with Crippen molar-refractivity contribution in [1.82, 2.24) is 14.8 Å². The van der Waals surface area contributed by atoms with Gasteiger partial charge < -0.3 is 14.6 Å². The Morgan fingerprint density at radius 2 is 1.90 bits per heavy atom. The molecule has 0 spiro atoms. The molecule has 7 nitrogen and oxygen atoms in total. The van der Waals surface area contributed by atoms with Crippen molar-refractivity contribution in [3.8, 4) is 11.4 Å². The fourth-order valence-corrected chi connectivity index (χ4v) is 3.75. The van der Waals surface area contributed by atoms with Crippen LogP contribution in [0, 0.1) is 6.92 Å². The number of carbonyl (C=O) groups excluding carboxylic acids is 2. The summed E-state index contributed by atoms with van der Waals surface area (Å²) in [6.07, 6.45) is 0. The molecule has 0 aliphatic rings. The summed E-state index contributed by atoms with van der Waals surface area (Å²) in [7, 11) is 1.29. The highest BCUT2D eigenvalue weighted by Crippen LogP contribution is 2.26. The van der Waals surface area contributed by atoms with E-state index in [0.717, 1.165) is 11.4 Å². The zero-order valence-corrected chi connectivity index (χ0v) is 18.4. The van der Waals surface area contributed by atoms with Gasteiger partial charge >= 0.3 is 5.97 Å². The maximum Gasteiger partial charge on any atom is 0.337 e. The Morgan fingerprint density at radius 1 is 1.17 bits per heavy atom. The first-order valence-corrected chi connectivity index (χ1v) is 10.6. The maximum absolute atomic E-state index is 12.4. The van der Waals surface area contributed by atoms with Crippen molar-refractivity contribution in [3.05, 3.63) is 58.6 Å². The number of anilines is 1. The van der Waals surface area contributed by atoms with Gasteiger partial charge in [0.1, 0.15) is 0 Å². The molecule has 0 saturated heterocycles. The first-order valence-electron chi connectivity index (χ1n) is 9.23. The summed E-state index contributed by atoms with van der Waals surface area (Å²) in [6, 6.07) is 12.6. The van der Waals surface area contributed by atoms with Crippen molar-refractivity contribution in [1.29, 1.82) is 0 Å². The third-order valence-corrected chi connectivity index (χ3v) is 5.63. The van der Waals surface area contributed by atoms with E-state index in [1.807, 2.05) is 42.7 Å². The van der Waals surface area contributed by atoms with Gasteiger partial charge in [0.2, 0.25) is 5.91 Å². The third kappa shape index (κ3) is 5.01. The van der Waals surface area contributed by atoms with E-state index in [1.165, 1.54) is 42.6 Å². The van der Waals surface area contributed by atoms with Crippen molar-refractivity contribution in [2.75, 3.05) is 18.2 Å². The molecule has 0 fully saturated rings. The van der Waals surface area contributed by atoms with Crippen molar-refractivity contribution in [2.24, 2.45) is 0 Å². The second-order valence-corrected chi connectivity index (χ2v) is 7.79. The summed E-state index contributed by atoms with van der Waals surface area (Å²) in [4.78, 5) is 24.1. The first kappa shape index (κ1) is 21.9. The van der Waals surface area contributed by atoms with Crippen LogP contribution in [-0.2, 0) is 16.1 Å². The average Bonchev–Trinajstić information content (AvgIpc) is 3.16. The minimum Gasteiger partial charge on any atom is -0.465 e. The molecule has 2 aromatic carbocycles. The van der Waals surface area contributed by atoms with Crippen LogP contribution >= 0.6 is 23.4 Å². The number of carbonyl (C=O) groups is 2. The molecule has 30 heavy (non-hydrogen) atoms. The molecule has 156 valence electrons. The smallest absolute Gasteiger partial charge is 0.337 e. The number of nitrogens with zero attached hydrogens (tertiary/aromatic N) is 3. The van der Waals surface area contributed by atoms with Crippen LogP contribution in [0.1, 0.15) is 22.8 Å². The van der Waals surface area contributed by atoms with Crippen LogP contribution in [0.4, 0.5) is 5.69 Å². The number of amides is 1. The highest BCUT2D eigenvalue weighted by Gasteiger charge is 2.16. The van der Waals surface area contributed by atoms with E-state index in [0.29, 0.717) is 28.0 Å². The number of nitrogens with one attached hydrogen (secondary N) is 1. The quantitative estimate of drug-likeness (QED) is 0.428. The standard InChI is InChI=1S/C21H21ClN4O3S/c1-4-26-19(14-7-5-13(2)6-8-14)24-25-21(26)30-12-18(27)23-17-11-15(20(28)29-3)9-10-16(17)22/h5-11H,4,12H2,1-3H3,(H,23,27). The zero-order valence-electron chi connectivity index (χ0n) is 16.8. The predicted molar refractivity (Wildman–Crippen MR) is 118 cm³/mol. The molecule has 1 N–H and O–H groups in total. The van der Waals surface area contributed by atoms with Crippen LogP contribution in [0.2, 0.25) is 5.02 Å². The van der Waals surface area contributed by atoms with Gasteiger partial charge in [-0.3, -0.25) is 4.79 Å². The molecule has 0 atom stereocenters. The lowest BCUT2D eigenvalue weighted by Gasteiger charge is -2.10. The van der Waals surface area contributed by atoms with E-state index in [2.05, 4.69) is 15.5 Å². The lowest BCUT2D eigenvalue weighted by atomic mass is 10.1. The van der Waals surface area contributed by atoms with Gasteiger partial charge in [0.15, 0.2) is 11.0 Å². The maximum atomic E-state index is 12.4. The van der Waals surface area contributed by atoms with Gasteiger partial charge in [0.25, 0.3) is 0 Å². The molecule has 3 rings (SSSR count). The first-order chi connectivity index (χ1) is 14.4. The van der Waals surface area contributed by atoms with Crippen LogP contribution in [0.3, 0.4) is 0 Å². The Labute approximate surface area is 183 Å². The summed E-state index contributed by atoms with van der Waals surface area (Å²) in [5.41, 5.74) is 2.79. The number of hydrogen-bond donors (Lipinski definition) is 1. The normalized spacial score (nSPS) is 10.7. The van der Waals surface area contributed by atoms with Gasteiger partial charge in [-0.15, -0.1) is 10.2 Å². The van der Waals surface area contributed by atoms with Crippen molar-refractivity contribution < 1.29 is 14.3 Å². The fourth-order valence-electron chi connectivity index (χ4n) is 2.78. The van der Waals surface area contributed by atoms with Gasteiger partial charge in [-0.25, -0.2) is 4.79 Å². The van der Waals surface area contributed by atoms with Crippen LogP contribution in [0.5, 0.6) is 0 Å². The molecule has 0 saturated carbocycles. The lowest BCUT2D eigenvalue weighted by molar-refractivity contribution is -0.113. The highest BCUT2D eigenvalue weighted by atomic mass is 35.5. The number of thioether (sulfide) groups is 1. The van der Waals surface area contributed by atoms with Gasteiger partial charge in [0, 0.05) is 12.1 Å². The number of aryl methyl sites for hydroxylation is 1. The van der Waals surface area contributed by atoms with Crippen molar-refractivity contribution in [3.63, 3.8) is 0 Å². The summed E-state index contributed by atoms with van der Waals surface area (Å²) in [5.74, 6) is 0.0991. The molecule has 9 heteroatoms. The molecule has 0 bridgehead atoms. The van der Waals surface area contributed by atoms with Crippen LogP contribution < -0.4 is 5.32 Å². The Hall–Kier alpha value is -2.84. The Morgan fingerprint density at radius 3 is 2.57 bits per heavy atom. The fraction of sp³-hybridized carbons (Fsp3) is 0.238.